The van der Waals surface area contributed by atoms with Gasteiger partial charge < -0.3 is 19.9 Å². The van der Waals surface area contributed by atoms with Gasteiger partial charge in [-0.25, -0.2) is 0 Å². The molecule has 2 fully saturated rings. The van der Waals surface area contributed by atoms with E-state index in [1.165, 1.54) is 64.2 Å². The quantitative estimate of drug-likeness (QED) is 0.437. The zero-order chi connectivity index (χ0) is 22.6. The summed E-state index contributed by atoms with van der Waals surface area (Å²) >= 11 is 0. The van der Waals surface area contributed by atoms with Crippen molar-refractivity contribution in [3.63, 3.8) is 0 Å². The SMILES string of the molecule is CCC1CCC(CC2CCC(NCCC(=O)OCC(O)COc3ccccc3)CC2)CC1. The zero-order valence-electron chi connectivity index (χ0n) is 19.8. The van der Waals surface area contributed by atoms with Crippen LogP contribution in [0.25, 0.3) is 0 Å². The van der Waals surface area contributed by atoms with E-state index >= 15 is 0 Å². The summed E-state index contributed by atoms with van der Waals surface area (Å²) < 4.78 is 10.7. The fourth-order valence-electron chi connectivity index (χ4n) is 5.35. The highest BCUT2D eigenvalue weighted by atomic mass is 16.5. The summed E-state index contributed by atoms with van der Waals surface area (Å²) in [5, 5.41) is 13.5. The summed E-state index contributed by atoms with van der Waals surface area (Å²) in [6.07, 6.45) is 13.2. The second kappa shape index (κ2) is 13.8. The zero-order valence-corrected chi connectivity index (χ0v) is 19.8. The van der Waals surface area contributed by atoms with E-state index < -0.39 is 6.10 Å². The van der Waals surface area contributed by atoms with Gasteiger partial charge in [-0.15, -0.1) is 0 Å². The van der Waals surface area contributed by atoms with Crippen molar-refractivity contribution in [1.29, 1.82) is 0 Å². The first-order chi connectivity index (χ1) is 15.6. The van der Waals surface area contributed by atoms with Crippen molar-refractivity contribution in [3.05, 3.63) is 30.3 Å². The van der Waals surface area contributed by atoms with Crippen LogP contribution in [0.1, 0.15) is 77.6 Å². The third-order valence-electron chi connectivity index (χ3n) is 7.44. The number of para-hydroxylation sites is 1. The molecule has 1 aromatic carbocycles. The Labute approximate surface area is 194 Å². The van der Waals surface area contributed by atoms with Crippen molar-refractivity contribution in [3.8, 4) is 5.75 Å². The molecule has 1 unspecified atom stereocenters. The minimum absolute atomic E-state index is 0.0308. The highest BCUT2D eigenvalue weighted by molar-refractivity contribution is 5.69. The largest absolute Gasteiger partial charge is 0.491 e. The molecule has 0 aromatic heterocycles. The smallest absolute Gasteiger partial charge is 0.307 e. The Morgan fingerprint density at radius 2 is 1.59 bits per heavy atom. The van der Waals surface area contributed by atoms with Gasteiger partial charge in [0.1, 0.15) is 25.1 Å². The number of esters is 1. The van der Waals surface area contributed by atoms with Gasteiger partial charge in [-0.05, 0) is 62.0 Å². The number of hydrogen-bond acceptors (Lipinski definition) is 5. The van der Waals surface area contributed by atoms with E-state index in [1.807, 2.05) is 30.3 Å². The van der Waals surface area contributed by atoms with Crippen LogP contribution in [-0.2, 0) is 9.53 Å². The van der Waals surface area contributed by atoms with E-state index in [1.54, 1.807) is 0 Å². The van der Waals surface area contributed by atoms with E-state index in [9.17, 15) is 9.90 Å². The van der Waals surface area contributed by atoms with Crippen LogP contribution in [0.5, 0.6) is 5.75 Å². The number of aliphatic hydroxyl groups excluding tert-OH is 1. The monoisotopic (exact) mass is 445 g/mol. The Bertz CT molecular complexity index is 636. The summed E-state index contributed by atoms with van der Waals surface area (Å²) in [6, 6.07) is 9.84. The van der Waals surface area contributed by atoms with E-state index in [-0.39, 0.29) is 19.2 Å². The number of rotatable bonds is 12. The molecule has 2 aliphatic rings. The predicted octanol–water partition coefficient (Wildman–Crippen LogP) is 5.11. The Morgan fingerprint density at radius 3 is 2.25 bits per heavy atom. The Kier molecular flexibility index (Phi) is 10.8. The van der Waals surface area contributed by atoms with Gasteiger partial charge in [-0.3, -0.25) is 4.79 Å². The van der Waals surface area contributed by atoms with Crippen LogP contribution in [0.3, 0.4) is 0 Å². The molecule has 0 amide bonds. The van der Waals surface area contributed by atoms with E-state index in [4.69, 9.17) is 9.47 Å². The average molecular weight is 446 g/mol. The number of benzene rings is 1. The molecule has 32 heavy (non-hydrogen) atoms. The first-order valence-corrected chi connectivity index (χ1v) is 12.9. The highest BCUT2D eigenvalue weighted by Crippen LogP contribution is 2.37. The van der Waals surface area contributed by atoms with Crippen LogP contribution in [0.4, 0.5) is 0 Å². The first kappa shape index (κ1) is 25.0. The van der Waals surface area contributed by atoms with Crippen molar-refractivity contribution in [1.82, 2.24) is 5.32 Å². The molecule has 180 valence electrons. The van der Waals surface area contributed by atoms with E-state index in [0.29, 0.717) is 24.8 Å². The standard InChI is InChI=1S/C27H43NO4/c1-2-21-8-10-22(11-9-21)18-23-12-14-24(15-13-23)28-17-16-27(30)32-20-25(29)19-31-26-6-4-3-5-7-26/h3-7,21-25,28-29H,2,8-20H2,1H3. The van der Waals surface area contributed by atoms with Crippen LogP contribution in [0, 0.1) is 17.8 Å². The second-order valence-electron chi connectivity index (χ2n) is 9.91. The molecule has 0 radical (unpaired) electrons. The fraction of sp³-hybridized carbons (Fsp3) is 0.741. The Morgan fingerprint density at radius 1 is 0.969 bits per heavy atom. The Hall–Kier alpha value is -1.59. The summed E-state index contributed by atoms with van der Waals surface area (Å²) in [5.41, 5.74) is 0. The molecule has 1 aromatic rings. The number of aliphatic hydroxyl groups is 1. The predicted molar refractivity (Wildman–Crippen MR) is 128 cm³/mol. The van der Waals surface area contributed by atoms with Crippen LogP contribution in [0.2, 0.25) is 0 Å². The molecule has 2 aliphatic carbocycles. The number of ether oxygens (including phenoxy) is 2. The third kappa shape index (κ3) is 9.11. The minimum atomic E-state index is -0.820. The maximum absolute atomic E-state index is 12.0. The lowest BCUT2D eigenvalue weighted by atomic mass is 9.74. The molecule has 5 nitrogen and oxygen atoms in total. The average Bonchev–Trinajstić information content (AvgIpc) is 2.83. The molecule has 2 N–H and O–H groups in total. The van der Waals surface area contributed by atoms with E-state index in [0.717, 1.165) is 17.8 Å². The fourth-order valence-corrected chi connectivity index (χ4v) is 5.35. The van der Waals surface area contributed by atoms with Crippen LogP contribution in [-0.4, -0.2) is 43.0 Å². The molecule has 0 bridgehead atoms. The molecular weight excluding hydrogens is 402 g/mol. The maximum Gasteiger partial charge on any atom is 0.307 e. The molecule has 0 spiro atoms. The van der Waals surface area contributed by atoms with Crippen molar-refractivity contribution < 1.29 is 19.4 Å². The van der Waals surface area contributed by atoms with E-state index in [2.05, 4.69) is 12.2 Å². The first-order valence-electron chi connectivity index (χ1n) is 12.9. The number of hydrogen-bond donors (Lipinski definition) is 2. The third-order valence-corrected chi connectivity index (χ3v) is 7.44. The number of nitrogens with one attached hydrogen (secondary N) is 1. The van der Waals surface area contributed by atoms with Crippen molar-refractivity contribution in [2.45, 2.75) is 89.7 Å². The van der Waals surface area contributed by atoms with Crippen LogP contribution >= 0.6 is 0 Å². The van der Waals surface area contributed by atoms with Gasteiger partial charge in [0, 0.05) is 12.6 Å². The van der Waals surface area contributed by atoms with Crippen molar-refractivity contribution in [2.75, 3.05) is 19.8 Å². The topological polar surface area (TPSA) is 67.8 Å². The number of carbonyl (C=O) groups excluding carboxylic acids is 1. The summed E-state index contributed by atoms with van der Waals surface area (Å²) in [5.74, 6) is 3.29. The molecular formula is C27H43NO4. The highest BCUT2D eigenvalue weighted by Gasteiger charge is 2.26. The molecule has 1 atom stereocenters. The van der Waals surface area contributed by atoms with Gasteiger partial charge in [0.15, 0.2) is 0 Å². The van der Waals surface area contributed by atoms with Crippen molar-refractivity contribution in [2.24, 2.45) is 17.8 Å². The summed E-state index contributed by atoms with van der Waals surface area (Å²) in [4.78, 5) is 12.0. The van der Waals surface area contributed by atoms with Gasteiger partial charge in [0.05, 0.1) is 6.42 Å². The summed E-state index contributed by atoms with van der Waals surface area (Å²) in [7, 11) is 0. The molecule has 0 aliphatic heterocycles. The van der Waals surface area contributed by atoms with Crippen LogP contribution < -0.4 is 10.1 Å². The van der Waals surface area contributed by atoms with Gasteiger partial charge in [-0.2, -0.15) is 0 Å². The normalized spacial score (nSPS) is 26.9. The lowest BCUT2D eigenvalue weighted by Crippen LogP contribution is -2.35. The lowest BCUT2D eigenvalue weighted by Gasteiger charge is -2.34. The maximum atomic E-state index is 12.0. The molecule has 2 saturated carbocycles. The van der Waals surface area contributed by atoms with Gasteiger partial charge in [0.25, 0.3) is 0 Å². The van der Waals surface area contributed by atoms with Gasteiger partial charge in [-0.1, -0.05) is 57.2 Å². The molecule has 5 heteroatoms. The van der Waals surface area contributed by atoms with Crippen molar-refractivity contribution >= 4 is 5.97 Å². The lowest BCUT2D eigenvalue weighted by molar-refractivity contribution is -0.147. The van der Waals surface area contributed by atoms with Crippen LogP contribution in [0.15, 0.2) is 30.3 Å². The molecule has 3 rings (SSSR count). The molecule has 0 saturated heterocycles. The number of carbonyl (C=O) groups is 1. The van der Waals surface area contributed by atoms with Gasteiger partial charge in [0.2, 0.25) is 0 Å². The molecule has 0 heterocycles. The summed E-state index contributed by atoms with van der Waals surface area (Å²) in [6.45, 7) is 3.06. The second-order valence-corrected chi connectivity index (χ2v) is 9.91. The minimum Gasteiger partial charge on any atom is -0.491 e. The van der Waals surface area contributed by atoms with Gasteiger partial charge >= 0.3 is 5.97 Å². The Balaban J connectivity index is 1.19.